The molecule has 2 heteroatoms. The van der Waals surface area contributed by atoms with Gasteiger partial charge in [0.15, 0.2) is 0 Å². The number of piperidine rings is 1. The summed E-state index contributed by atoms with van der Waals surface area (Å²) in [5, 5.41) is 0. The van der Waals surface area contributed by atoms with Crippen molar-refractivity contribution in [3.63, 3.8) is 0 Å². The van der Waals surface area contributed by atoms with Crippen LogP contribution < -0.4 is 0 Å². The van der Waals surface area contributed by atoms with Gasteiger partial charge in [0.05, 0.1) is 0 Å². The topological polar surface area (TPSA) is 3.24 Å². The molecule has 1 aliphatic heterocycles. The third-order valence-corrected chi connectivity index (χ3v) is 2.54. The number of rotatable bonds is 3. The van der Waals surface area contributed by atoms with E-state index in [1.807, 2.05) is 6.08 Å². The summed E-state index contributed by atoms with van der Waals surface area (Å²) in [7, 11) is 0. The minimum Gasteiger partial charge on any atom is -0.299 e. The molecule has 1 rings (SSSR count). The van der Waals surface area contributed by atoms with Crippen molar-refractivity contribution in [2.24, 2.45) is 5.92 Å². The van der Waals surface area contributed by atoms with Gasteiger partial charge in [0.1, 0.15) is 0 Å². The summed E-state index contributed by atoms with van der Waals surface area (Å²) >= 11 is 5.54. The lowest BCUT2D eigenvalue weighted by molar-refractivity contribution is 0.201. The molecule has 1 nitrogen and oxygen atoms in total. The molecule has 1 aliphatic rings. The molecule has 0 aromatic heterocycles. The summed E-state index contributed by atoms with van der Waals surface area (Å²) in [5.41, 5.74) is 0. The van der Waals surface area contributed by atoms with Gasteiger partial charge in [0.25, 0.3) is 0 Å². The Labute approximate surface area is 80.4 Å². The second-order valence-electron chi connectivity index (χ2n) is 3.63. The van der Waals surface area contributed by atoms with E-state index < -0.39 is 0 Å². The van der Waals surface area contributed by atoms with Gasteiger partial charge in [0, 0.05) is 19.0 Å². The molecule has 1 unspecified atom stereocenters. The van der Waals surface area contributed by atoms with Gasteiger partial charge in [-0.05, 0) is 25.3 Å². The van der Waals surface area contributed by atoms with E-state index in [4.69, 9.17) is 11.6 Å². The predicted octanol–water partition coefficient (Wildman–Crippen LogP) is 2.51. The van der Waals surface area contributed by atoms with E-state index in [0.29, 0.717) is 5.88 Å². The molecule has 0 aromatic carbocycles. The maximum atomic E-state index is 5.54. The van der Waals surface area contributed by atoms with Crippen LogP contribution in [0.25, 0.3) is 0 Å². The zero-order valence-corrected chi connectivity index (χ0v) is 8.56. The lowest BCUT2D eigenvalue weighted by Gasteiger charge is -2.29. The van der Waals surface area contributed by atoms with Gasteiger partial charge in [-0.25, -0.2) is 0 Å². The largest absolute Gasteiger partial charge is 0.299 e. The second-order valence-corrected chi connectivity index (χ2v) is 3.94. The number of nitrogens with zero attached hydrogens (tertiary/aromatic N) is 1. The first kappa shape index (κ1) is 10.1. The summed E-state index contributed by atoms with van der Waals surface area (Å²) in [4.78, 5) is 2.50. The summed E-state index contributed by atoms with van der Waals surface area (Å²) in [6.45, 7) is 5.93. The van der Waals surface area contributed by atoms with Gasteiger partial charge in [-0.3, -0.25) is 4.90 Å². The molecule has 0 aliphatic carbocycles. The third-order valence-electron chi connectivity index (χ3n) is 2.36. The Morgan fingerprint density at radius 2 is 2.33 bits per heavy atom. The van der Waals surface area contributed by atoms with Crippen molar-refractivity contribution in [3.05, 3.63) is 12.2 Å². The number of halogens is 1. The Balaban J connectivity index is 2.18. The van der Waals surface area contributed by atoms with E-state index in [1.54, 1.807) is 0 Å². The highest BCUT2D eigenvalue weighted by Gasteiger charge is 2.14. The summed E-state index contributed by atoms with van der Waals surface area (Å²) in [6.07, 6.45) is 6.96. The van der Waals surface area contributed by atoms with Gasteiger partial charge >= 0.3 is 0 Å². The highest BCUT2D eigenvalue weighted by atomic mass is 35.5. The zero-order chi connectivity index (χ0) is 8.81. The average Bonchev–Trinajstić information content (AvgIpc) is 2.05. The van der Waals surface area contributed by atoms with E-state index in [1.165, 1.54) is 25.9 Å². The number of alkyl halides is 1. The fourth-order valence-electron chi connectivity index (χ4n) is 1.74. The highest BCUT2D eigenvalue weighted by molar-refractivity contribution is 6.18. The Morgan fingerprint density at radius 3 is 3.00 bits per heavy atom. The number of allylic oxidation sites excluding steroid dienone is 1. The maximum Gasteiger partial charge on any atom is 0.0404 e. The van der Waals surface area contributed by atoms with Crippen molar-refractivity contribution in [1.82, 2.24) is 4.90 Å². The van der Waals surface area contributed by atoms with Gasteiger partial charge in [-0.15, -0.1) is 11.6 Å². The monoisotopic (exact) mass is 187 g/mol. The quantitative estimate of drug-likeness (QED) is 0.485. The SMILES string of the molecule is CC1CCCN(C/C=C/CCl)C1. The molecule has 1 atom stereocenters. The lowest BCUT2D eigenvalue weighted by atomic mass is 10.0. The molecule has 0 saturated carbocycles. The summed E-state index contributed by atoms with van der Waals surface area (Å²) < 4.78 is 0. The van der Waals surface area contributed by atoms with Gasteiger partial charge in [0.2, 0.25) is 0 Å². The first-order valence-electron chi connectivity index (χ1n) is 4.76. The predicted molar refractivity (Wildman–Crippen MR) is 54.7 cm³/mol. The minimum absolute atomic E-state index is 0.642. The first-order valence-corrected chi connectivity index (χ1v) is 5.29. The molecule has 1 heterocycles. The van der Waals surface area contributed by atoms with Gasteiger partial charge in [-0.1, -0.05) is 19.1 Å². The minimum atomic E-state index is 0.642. The van der Waals surface area contributed by atoms with Crippen LogP contribution in [0.15, 0.2) is 12.2 Å². The van der Waals surface area contributed by atoms with Crippen LogP contribution in [0.3, 0.4) is 0 Å². The van der Waals surface area contributed by atoms with Crippen molar-refractivity contribution < 1.29 is 0 Å². The van der Waals surface area contributed by atoms with Gasteiger partial charge in [-0.2, -0.15) is 0 Å². The third kappa shape index (κ3) is 3.59. The highest BCUT2D eigenvalue weighted by Crippen LogP contribution is 2.14. The van der Waals surface area contributed by atoms with E-state index in [9.17, 15) is 0 Å². The first-order chi connectivity index (χ1) is 5.83. The Hall–Kier alpha value is -0.0100. The van der Waals surface area contributed by atoms with Crippen LogP contribution in [0.4, 0.5) is 0 Å². The molecule has 0 N–H and O–H groups in total. The molecule has 0 aromatic rings. The summed E-state index contributed by atoms with van der Waals surface area (Å²) in [6, 6.07) is 0. The molecular formula is C10H18ClN. The molecule has 1 saturated heterocycles. The van der Waals surface area contributed by atoms with Crippen molar-refractivity contribution in [2.45, 2.75) is 19.8 Å². The van der Waals surface area contributed by atoms with Crippen LogP contribution in [-0.2, 0) is 0 Å². The fourth-order valence-corrected chi connectivity index (χ4v) is 1.87. The molecule has 1 fully saturated rings. The Kier molecular flexibility index (Phi) is 4.70. The molecule has 0 amide bonds. The molecular weight excluding hydrogens is 170 g/mol. The summed E-state index contributed by atoms with van der Waals surface area (Å²) in [5.74, 6) is 1.52. The van der Waals surface area contributed by atoms with Crippen LogP contribution in [0.2, 0.25) is 0 Å². The van der Waals surface area contributed by atoms with E-state index in [0.717, 1.165) is 12.5 Å². The van der Waals surface area contributed by atoms with E-state index in [2.05, 4.69) is 17.9 Å². The maximum absolute atomic E-state index is 5.54. The second kappa shape index (κ2) is 5.60. The van der Waals surface area contributed by atoms with Crippen molar-refractivity contribution in [2.75, 3.05) is 25.5 Å². The van der Waals surface area contributed by atoms with Crippen LogP contribution in [0.5, 0.6) is 0 Å². The van der Waals surface area contributed by atoms with Gasteiger partial charge < -0.3 is 0 Å². The molecule has 12 heavy (non-hydrogen) atoms. The average molecular weight is 188 g/mol. The smallest absolute Gasteiger partial charge is 0.0404 e. The Morgan fingerprint density at radius 1 is 1.50 bits per heavy atom. The normalized spacial score (nSPS) is 26.7. The van der Waals surface area contributed by atoms with Crippen LogP contribution in [-0.4, -0.2) is 30.4 Å². The number of hydrogen-bond acceptors (Lipinski definition) is 1. The van der Waals surface area contributed by atoms with Crippen molar-refractivity contribution in [3.8, 4) is 0 Å². The van der Waals surface area contributed by atoms with Crippen LogP contribution >= 0.6 is 11.6 Å². The molecule has 0 radical (unpaired) electrons. The standard InChI is InChI=1S/C10H18ClN/c1-10-5-4-8-12(9-10)7-3-2-6-11/h2-3,10H,4-9H2,1H3/b3-2+. The molecule has 0 bridgehead atoms. The fraction of sp³-hybridized carbons (Fsp3) is 0.800. The van der Waals surface area contributed by atoms with Crippen LogP contribution in [0.1, 0.15) is 19.8 Å². The van der Waals surface area contributed by atoms with Crippen molar-refractivity contribution >= 4 is 11.6 Å². The van der Waals surface area contributed by atoms with E-state index >= 15 is 0 Å². The Bertz CT molecular complexity index is 145. The van der Waals surface area contributed by atoms with Crippen LogP contribution in [0, 0.1) is 5.92 Å². The number of hydrogen-bond donors (Lipinski definition) is 0. The van der Waals surface area contributed by atoms with E-state index in [-0.39, 0.29) is 0 Å². The van der Waals surface area contributed by atoms with Crippen molar-refractivity contribution in [1.29, 1.82) is 0 Å². The zero-order valence-electron chi connectivity index (χ0n) is 7.80. The number of likely N-dealkylation sites (tertiary alicyclic amines) is 1. The molecule has 0 spiro atoms. The molecule has 70 valence electrons. The lowest BCUT2D eigenvalue weighted by Crippen LogP contribution is -2.34.